The van der Waals surface area contributed by atoms with Gasteiger partial charge in [0.05, 0.1) is 0 Å². The zero-order valence-electron chi connectivity index (χ0n) is 10.5. The van der Waals surface area contributed by atoms with E-state index in [4.69, 9.17) is 5.73 Å². The number of thiophene rings is 1. The molecule has 1 saturated heterocycles. The first-order chi connectivity index (χ1) is 7.91. The molecule has 0 bridgehead atoms. The molecule has 18 heavy (non-hydrogen) atoms. The van der Waals surface area contributed by atoms with Crippen LogP contribution in [-0.2, 0) is 10.0 Å². The molecule has 104 valence electrons. The van der Waals surface area contributed by atoms with Gasteiger partial charge in [-0.05, 0) is 38.3 Å². The van der Waals surface area contributed by atoms with Crippen LogP contribution in [0.15, 0.2) is 10.3 Å². The minimum absolute atomic E-state index is 0. The molecule has 0 amide bonds. The lowest BCUT2D eigenvalue weighted by molar-refractivity contribution is 0.316. The Kier molecular flexibility index (Phi) is 5.20. The Morgan fingerprint density at radius 2 is 2.11 bits per heavy atom. The highest BCUT2D eigenvalue weighted by atomic mass is 35.5. The zero-order chi connectivity index (χ0) is 12.6. The van der Waals surface area contributed by atoms with Gasteiger partial charge in [0.15, 0.2) is 0 Å². The first-order valence-corrected chi connectivity index (χ1v) is 7.99. The lowest BCUT2D eigenvalue weighted by atomic mass is 10.1. The molecular formula is C11H19ClN2O2S2. The molecule has 1 aromatic heterocycles. The zero-order valence-corrected chi connectivity index (χ0v) is 13.0. The normalized spacial score (nSPS) is 21.6. The summed E-state index contributed by atoms with van der Waals surface area (Å²) in [6.45, 7) is 4.81. The number of aryl methyl sites for hydroxylation is 2. The fourth-order valence-corrected chi connectivity index (χ4v) is 5.52. The third kappa shape index (κ3) is 3.05. The molecule has 2 heterocycles. The molecule has 0 radical (unpaired) electrons. The summed E-state index contributed by atoms with van der Waals surface area (Å²) in [4.78, 5) is 1.03. The van der Waals surface area contributed by atoms with Crippen LogP contribution in [-0.4, -0.2) is 31.9 Å². The fraction of sp³-hybridized carbons (Fsp3) is 0.636. The van der Waals surface area contributed by atoms with Crippen LogP contribution in [0, 0.1) is 13.8 Å². The van der Waals surface area contributed by atoms with Gasteiger partial charge >= 0.3 is 0 Å². The molecular weight excluding hydrogens is 292 g/mol. The van der Waals surface area contributed by atoms with E-state index in [0.717, 1.165) is 23.3 Å². The van der Waals surface area contributed by atoms with Crippen molar-refractivity contribution in [3.63, 3.8) is 0 Å². The van der Waals surface area contributed by atoms with E-state index < -0.39 is 10.0 Å². The van der Waals surface area contributed by atoms with E-state index >= 15 is 0 Å². The molecule has 4 nitrogen and oxygen atoms in total. The maximum absolute atomic E-state index is 12.4. The summed E-state index contributed by atoms with van der Waals surface area (Å²) in [5.74, 6) is 0. The molecule has 1 fully saturated rings. The van der Waals surface area contributed by atoms with Crippen molar-refractivity contribution in [2.45, 2.75) is 36.9 Å². The molecule has 2 rings (SSSR count). The van der Waals surface area contributed by atoms with Crippen LogP contribution in [0.2, 0.25) is 0 Å². The van der Waals surface area contributed by atoms with Gasteiger partial charge in [0, 0.05) is 24.0 Å². The van der Waals surface area contributed by atoms with Gasteiger partial charge in [-0.25, -0.2) is 8.42 Å². The van der Waals surface area contributed by atoms with E-state index in [2.05, 4.69) is 0 Å². The third-order valence-corrected chi connectivity index (χ3v) is 6.62. The van der Waals surface area contributed by atoms with Crippen LogP contribution in [0.5, 0.6) is 0 Å². The van der Waals surface area contributed by atoms with Gasteiger partial charge in [0.1, 0.15) is 4.21 Å². The van der Waals surface area contributed by atoms with Gasteiger partial charge in [-0.15, -0.1) is 23.7 Å². The van der Waals surface area contributed by atoms with Crippen molar-refractivity contribution in [2.24, 2.45) is 5.73 Å². The van der Waals surface area contributed by atoms with Crippen molar-refractivity contribution in [1.82, 2.24) is 4.31 Å². The largest absolute Gasteiger partial charge is 0.327 e. The highest BCUT2D eigenvalue weighted by molar-refractivity contribution is 7.91. The number of nitrogens with two attached hydrogens (primary N) is 1. The van der Waals surface area contributed by atoms with Crippen molar-refractivity contribution in [3.8, 4) is 0 Å². The number of rotatable bonds is 2. The summed E-state index contributed by atoms with van der Waals surface area (Å²) < 4.78 is 26.9. The second kappa shape index (κ2) is 5.88. The summed E-state index contributed by atoms with van der Waals surface area (Å²) in [6, 6.07) is 1.89. The predicted octanol–water partition coefficient (Wildman–Crippen LogP) is 1.90. The highest BCUT2D eigenvalue weighted by Gasteiger charge is 2.31. The van der Waals surface area contributed by atoms with Gasteiger partial charge in [0.2, 0.25) is 0 Å². The van der Waals surface area contributed by atoms with Crippen LogP contribution in [0.25, 0.3) is 0 Å². The van der Waals surface area contributed by atoms with E-state index in [1.807, 2.05) is 19.9 Å². The molecule has 7 heteroatoms. The summed E-state index contributed by atoms with van der Waals surface area (Å²) in [7, 11) is -3.33. The van der Waals surface area contributed by atoms with Gasteiger partial charge in [-0.3, -0.25) is 0 Å². The van der Waals surface area contributed by atoms with Crippen LogP contribution in [0.4, 0.5) is 0 Å². The number of hydrogen-bond acceptors (Lipinski definition) is 4. The first-order valence-electron chi connectivity index (χ1n) is 5.74. The molecule has 1 atom stereocenters. The molecule has 1 aliphatic rings. The summed E-state index contributed by atoms with van der Waals surface area (Å²) in [6.07, 6.45) is 1.76. The van der Waals surface area contributed by atoms with Gasteiger partial charge in [0.25, 0.3) is 10.0 Å². The van der Waals surface area contributed by atoms with Gasteiger partial charge in [-0.2, -0.15) is 4.31 Å². The van der Waals surface area contributed by atoms with Crippen LogP contribution >= 0.6 is 23.7 Å². The Morgan fingerprint density at radius 3 is 2.61 bits per heavy atom. The number of sulfonamides is 1. The lowest BCUT2D eigenvalue weighted by Gasteiger charge is -2.29. The molecule has 1 aliphatic heterocycles. The second-order valence-electron chi connectivity index (χ2n) is 4.59. The monoisotopic (exact) mass is 310 g/mol. The molecule has 1 aromatic rings. The smallest absolute Gasteiger partial charge is 0.252 e. The maximum atomic E-state index is 12.4. The van der Waals surface area contributed by atoms with Crippen LogP contribution in [0.1, 0.15) is 23.3 Å². The Labute approximate surface area is 119 Å². The maximum Gasteiger partial charge on any atom is 0.252 e. The number of halogens is 1. The predicted molar refractivity (Wildman–Crippen MR) is 77.0 cm³/mol. The highest BCUT2D eigenvalue weighted by Crippen LogP contribution is 2.30. The Morgan fingerprint density at radius 1 is 1.44 bits per heavy atom. The van der Waals surface area contributed by atoms with E-state index in [-0.39, 0.29) is 18.4 Å². The molecule has 0 spiro atoms. The van der Waals surface area contributed by atoms with E-state index in [1.165, 1.54) is 15.6 Å². The Hall–Kier alpha value is -0.140. The minimum Gasteiger partial charge on any atom is -0.327 e. The summed E-state index contributed by atoms with van der Waals surface area (Å²) in [5.41, 5.74) is 6.68. The van der Waals surface area contributed by atoms with Crippen molar-refractivity contribution in [3.05, 3.63) is 16.5 Å². The molecule has 0 saturated carbocycles. The quantitative estimate of drug-likeness (QED) is 0.907. The summed E-state index contributed by atoms with van der Waals surface area (Å²) in [5, 5.41) is 0. The average molecular weight is 311 g/mol. The van der Waals surface area contributed by atoms with Crippen molar-refractivity contribution in [1.29, 1.82) is 0 Å². The van der Waals surface area contributed by atoms with Crippen LogP contribution < -0.4 is 5.73 Å². The third-order valence-electron chi connectivity index (χ3n) is 2.99. The molecule has 0 aromatic carbocycles. The SMILES string of the molecule is Cc1cc(C)c(S(=O)(=O)N2CCCC(N)C2)s1.Cl. The van der Waals surface area contributed by atoms with Crippen molar-refractivity contribution < 1.29 is 8.42 Å². The molecule has 1 unspecified atom stereocenters. The van der Waals surface area contributed by atoms with Crippen molar-refractivity contribution >= 4 is 33.8 Å². The second-order valence-corrected chi connectivity index (χ2v) is 7.98. The van der Waals surface area contributed by atoms with Gasteiger partial charge < -0.3 is 5.73 Å². The first kappa shape index (κ1) is 15.9. The Balaban J connectivity index is 0.00000162. The minimum atomic E-state index is -3.33. The van der Waals surface area contributed by atoms with Crippen molar-refractivity contribution in [2.75, 3.05) is 13.1 Å². The topological polar surface area (TPSA) is 63.4 Å². The van der Waals surface area contributed by atoms with E-state index in [0.29, 0.717) is 17.3 Å². The molecule has 0 aliphatic carbocycles. The average Bonchev–Trinajstić information content (AvgIpc) is 2.58. The summed E-state index contributed by atoms with van der Waals surface area (Å²) >= 11 is 1.35. The number of piperidine rings is 1. The van der Waals surface area contributed by atoms with Crippen LogP contribution in [0.3, 0.4) is 0 Å². The Bertz CT molecular complexity index is 513. The van der Waals surface area contributed by atoms with E-state index in [9.17, 15) is 8.42 Å². The number of hydrogen-bond donors (Lipinski definition) is 1. The standard InChI is InChI=1S/C11H18N2O2S2.ClH/c1-8-6-9(2)16-11(8)17(14,15)13-5-3-4-10(12)7-13;/h6,10H,3-5,7,12H2,1-2H3;1H. The number of nitrogens with zero attached hydrogens (tertiary/aromatic N) is 1. The fourth-order valence-electron chi connectivity index (χ4n) is 2.19. The van der Waals surface area contributed by atoms with E-state index in [1.54, 1.807) is 0 Å². The molecule has 2 N–H and O–H groups in total. The van der Waals surface area contributed by atoms with Gasteiger partial charge in [-0.1, -0.05) is 0 Å². The lowest BCUT2D eigenvalue weighted by Crippen LogP contribution is -2.45.